The summed E-state index contributed by atoms with van der Waals surface area (Å²) in [6.07, 6.45) is 1.28. The standard InChI is InChI=1S/C20H23BrN4O3/c1-20(2,3)28-19(27)24-9-7-12(8-10-24)15-11-16(26)25-18(22-15)17-13(21)5-4-6-14(17)23-25/h4-6,11-12,22H,7-10H2,1-3H3. The number of halogens is 1. The Morgan fingerprint density at radius 3 is 2.68 bits per heavy atom. The number of nitrogens with zero attached hydrogens (tertiary/aromatic N) is 3. The SMILES string of the molecule is CC(C)(C)OC(=O)N1CCC(c2cc(=O)n3nc4cccc(Br)c4c3[nH]2)CC1. The van der Waals surface area contributed by atoms with Gasteiger partial charge in [-0.2, -0.15) is 9.61 Å². The molecule has 4 rings (SSSR count). The Morgan fingerprint density at radius 1 is 1.29 bits per heavy atom. The minimum absolute atomic E-state index is 0.151. The van der Waals surface area contributed by atoms with Crippen LogP contribution in [-0.4, -0.2) is 44.3 Å². The number of nitrogens with one attached hydrogen (secondary N) is 1. The lowest BCUT2D eigenvalue weighted by molar-refractivity contribution is 0.0204. The van der Waals surface area contributed by atoms with Crippen LogP contribution in [0.3, 0.4) is 0 Å². The molecule has 1 amide bonds. The number of aromatic amines is 1. The second-order valence-electron chi connectivity index (χ2n) is 8.20. The molecule has 2 aromatic heterocycles. The lowest BCUT2D eigenvalue weighted by atomic mass is 9.93. The first-order valence-electron chi connectivity index (χ1n) is 9.41. The van der Waals surface area contributed by atoms with Crippen molar-refractivity contribution in [3.8, 4) is 0 Å². The molecule has 0 unspecified atom stereocenters. The van der Waals surface area contributed by atoms with Gasteiger partial charge in [0.2, 0.25) is 0 Å². The fourth-order valence-corrected chi connectivity index (χ4v) is 4.20. The molecule has 0 atom stereocenters. The molecule has 1 N–H and O–H groups in total. The molecule has 7 nitrogen and oxygen atoms in total. The lowest BCUT2D eigenvalue weighted by Crippen LogP contribution is -2.41. The molecule has 1 fully saturated rings. The zero-order valence-electron chi connectivity index (χ0n) is 16.2. The number of ether oxygens (including phenoxy) is 1. The molecule has 1 saturated heterocycles. The van der Waals surface area contributed by atoms with E-state index < -0.39 is 5.60 Å². The molecule has 3 heterocycles. The van der Waals surface area contributed by atoms with Crippen LogP contribution in [-0.2, 0) is 4.74 Å². The molecule has 3 aromatic rings. The molecule has 0 saturated carbocycles. The second kappa shape index (κ2) is 6.92. The molecule has 1 aliphatic rings. The van der Waals surface area contributed by atoms with E-state index in [0.717, 1.165) is 33.9 Å². The van der Waals surface area contributed by atoms with Gasteiger partial charge in [-0.25, -0.2) is 4.79 Å². The van der Waals surface area contributed by atoms with Crippen LogP contribution in [0.25, 0.3) is 16.6 Å². The summed E-state index contributed by atoms with van der Waals surface area (Å²) >= 11 is 3.56. The van der Waals surface area contributed by atoms with Gasteiger partial charge in [-0.05, 0) is 61.7 Å². The Labute approximate surface area is 170 Å². The average Bonchev–Trinajstić information content (AvgIpc) is 3.01. The molecule has 8 heteroatoms. The Bertz CT molecular complexity index is 1100. The van der Waals surface area contributed by atoms with E-state index in [0.29, 0.717) is 18.7 Å². The first-order valence-corrected chi connectivity index (χ1v) is 10.2. The van der Waals surface area contributed by atoms with Crippen LogP contribution in [0.5, 0.6) is 0 Å². The Morgan fingerprint density at radius 2 is 2.00 bits per heavy atom. The number of carbonyl (C=O) groups excluding carboxylic acids is 1. The smallest absolute Gasteiger partial charge is 0.410 e. The Kier molecular flexibility index (Phi) is 4.69. The van der Waals surface area contributed by atoms with Crippen LogP contribution < -0.4 is 5.56 Å². The minimum Gasteiger partial charge on any atom is -0.444 e. The van der Waals surface area contributed by atoms with Gasteiger partial charge in [-0.1, -0.05) is 6.07 Å². The largest absolute Gasteiger partial charge is 0.444 e. The number of aromatic nitrogens is 3. The number of H-pyrrole nitrogens is 1. The number of carbonyl (C=O) groups is 1. The number of benzene rings is 1. The highest BCUT2D eigenvalue weighted by molar-refractivity contribution is 9.10. The fourth-order valence-electron chi connectivity index (χ4n) is 3.66. The predicted molar refractivity (Wildman–Crippen MR) is 111 cm³/mol. The third-order valence-corrected chi connectivity index (χ3v) is 5.65. The maximum absolute atomic E-state index is 12.6. The number of piperidine rings is 1. The van der Waals surface area contributed by atoms with E-state index in [1.54, 1.807) is 11.0 Å². The predicted octanol–water partition coefficient (Wildman–Crippen LogP) is 4.05. The molecule has 0 aliphatic carbocycles. The second-order valence-corrected chi connectivity index (χ2v) is 9.05. The molecule has 148 valence electrons. The van der Waals surface area contributed by atoms with Crippen molar-refractivity contribution in [1.82, 2.24) is 19.5 Å². The maximum atomic E-state index is 12.6. The zero-order chi connectivity index (χ0) is 20.1. The molecule has 0 spiro atoms. The lowest BCUT2D eigenvalue weighted by Gasteiger charge is -2.33. The van der Waals surface area contributed by atoms with Crippen molar-refractivity contribution >= 4 is 38.6 Å². The van der Waals surface area contributed by atoms with E-state index in [-0.39, 0.29) is 17.6 Å². The van der Waals surface area contributed by atoms with E-state index in [4.69, 9.17) is 4.74 Å². The van der Waals surface area contributed by atoms with E-state index in [1.807, 2.05) is 39.0 Å². The maximum Gasteiger partial charge on any atom is 0.410 e. The topological polar surface area (TPSA) is 79.7 Å². The average molecular weight is 447 g/mol. The highest BCUT2D eigenvalue weighted by Gasteiger charge is 2.28. The molecular weight excluding hydrogens is 424 g/mol. The first kappa shape index (κ1) is 19.0. The zero-order valence-corrected chi connectivity index (χ0v) is 17.7. The van der Waals surface area contributed by atoms with Crippen LogP contribution in [0, 0.1) is 0 Å². The summed E-state index contributed by atoms with van der Waals surface area (Å²) in [4.78, 5) is 30.1. The van der Waals surface area contributed by atoms with Gasteiger partial charge in [0, 0.05) is 35.2 Å². The third-order valence-electron chi connectivity index (χ3n) is 4.98. The molecule has 1 aliphatic heterocycles. The van der Waals surface area contributed by atoms with Crippen LogP contribution in [0.15, 0.2) is 33.5 Å². The number of hydrogen-bond acceptors (Lipinski definition) is 4. The first-order chi connectivity index (χ1) is 13.2. The normalized spacial score (nSPS) is 16.1. The quantitative estimate of drug-likeness (QED) is 0.611. The van der Waals surface area contributed by atoms with Crippen molar-refractivity contribution in [2.45, 2.75) is 45.1 Å². The molecule has 0 bridgehead atoms. The van der Waals surface area contributed by atoms with Crippen molar-refractivity contribution in [1.29, 1.82) is 0 Å². The van der Waals surface area contributed by atoms with Gasteiger partial charge in [-0.15, -0.1) is 0 Å². The van der Waals surface area contributed by atoms with E-state index in [1.165, 1.54) is 4.52 Å². The van der Waals surface area contributed by atoms with Gasteiger partial charge in [0.05, 0.1) is 10.9 Å². The van der Waals surface area contributed by atoms with E-state index in [9.17, 15) is 9.59 Å². The van der Waals surface area contributed by atoms with Crippen LogP contribution in [0.2, 0.25) is 0 Å². The molecule has 28 heavy (non-hydrogen) atoms. The number of likely N-dealkylation sites (tertiary alicyclic amines) is 1. The van der Waals surface area contributed by atoms with Gasteiger partial charge < -0.3 is 14.6 Å². The van der Waals surface area contributed by atoms with Gasteiger partial charge in [-0.3, -0.25) is 4.79 Å². The summed E-state index contributed by atoms with van der Waals surface area (Å²) in [7, 11) is 0. The van der Waals surface area contributed by atoms with Gasteiger partial charge in [0.25, 0.3) is 5.56 Å². The number of amides is 1. The van der Waals surface area contributed by atoms with Crippen LogP contribution in [0.4, 0.5) is 4.79 Å². The van der Waals surface area contributed by atoms with Crippen molar-refractivity contribution in [2.24, 2.45) is 0 Å². The van der Waals surface area contributed by atoms with E-state index >= 15 is 0 Å². The van der Waals surface area contributed by atoms with Crippen molar-refractivity contribution in [3.63, 3.8) is 0 Å². The van der Waals surface area contributed by atoms with E-state index in [2.05, 4.69) is 26.0 Å². The Hall–Kier alpha value is -2.35. The number of fused-ring (bicyclic) bond motifs is 3. The summed E-state index contributed by atoms with van der Waals surface area (Å²) in [5.41, 5.74) is 1.69. The van der Waals surface area contributed by atoms with Crippen molar-refractivity contribution < 1.29 is 9.53 Å². The van der Waals surface area contributed by atoms with Crippen LogP contribution >= 0.6 is 15.9 Å². The summed E-state index contributed by atoms with van der Waals surface area (Å²) in [6, 6.07) is 7.35. The summed E-state index contributed by atoms with van der Waals surface area (Å²) in [6.45, 7) is 6.82. The summed E-state index contributed by atoms with van der Waals surface area (Å²) < 4.78 is 7.77. The fraction of sp³-hybridized carbons (Fsp3) is 0.450. The highest BCUT2D eigenvalue weighted by Crippen LogP contribution is 2.30. The highest BCUT2D eigenvalue weighted by atomic mass is 79.9. The molecule has 1 aromatic carbocycles. The van der Waals surface area contributed by atoms with Gasteiger partial charge in [0.1, 0.15) is 11.2 Å². The van der Waals surface area contributed by atoms with Crippen LogP contribution in [0.1, 0.15) is 45.2 Å². The third kappa shape index (κ3) is 3.53. The van der Waals surface area contributed by atoms with Gasteiger partial charge in [0.15, 0.2) is 0 Å². The monoisotopic (exact) mass is 446 g/mol. The van der Waals surface area contributed by atoms with Crippen molar-refractivity contribution in [3.05, 3.63) is 44.8 Å². The number of rotatable bonds is 1. The summed E-state index contributed by atoms with van der Waals surface area (Å²) in [5, 5.41) is 5.30. The number of hydrogen-bond donors (Lipinski definition) is 1. The van der Waals surface area contributed by atoms with Gasteiger partial charge >= 0.3 is 6.09 Å². The minimum atomic E-state index is -0.499. The molecular formula is C20H23BrN4O3. The van der Waals surface area contributed by atoms with Crippen molar-refractivity contribution in [2.75, 3.05) is 13.1 Å². The molecule has 0 radical (unpaired) electrons. The Balaban J connectivity index is 1.60. The summed E-state index contributed by atoms with van der Waals surface area (Å²) in [5.74, 6) is 0.184.